The Labute approximate surface area is 94.0 Å². The van der Waals surface area contributed by atoms with Crippen LogP contribution in [0.1, 0.15) is 26.7 Å². The lowest BCUT2D eigenvalue weighted by Crippen LogP contribution is -2.42. The maximum atomic E-state index is 6.18. The van der Waals surface area contributed by atoms with Gasteiger partial charge in [0.25, 0.3) is 0 Å². The van der Waals surface area contributed by atoms with E-state index in [1.54, 1.807) is 0 Å². The first-order valence-electron chi connectivity index (χ1n) is 6.15. The molecule has 0 amide bonds. The molecule has 1 fully saturated rings. The fraction of sp³-hybridized carbons (Fsp3) is 1.00. The van der Waals surface area contributed by atoms with E-state index >= 15 is 0 Å². The molecule has 1 rings (SSSR count). The van der Waals surface area contributed by atoms with E-state index in [1.807, 2.05) is 0 Å². The molecule has 15 heavy (non-hydrogen) atoms. The molecule has 0 aromatic rings. The molecule has 90 valence electrons. The molecule has 0 saturated carbocycles. The lowest BCUT2D eigenvalue weighted by atomic mass is 9.99. The molecule has 0 aromatic heterocycles. The number of hydrogen-bond donors (Lipinski definition) is 1. The molecule has 0 aromatic carbocycles. The van der Waals surface area contributed by atoms with Gasteiger partial charge in [0.15, 0.2) is 0 Å². The van der Waals surface area contributed by atoms with Crippen molar-refractivity contribution in [3.8, 4) is 0 Å². The molecule has 0 radical (unpaired) electrons. The Morgan fingerprint density at radius 3 is 2.73 bits per heavy atom. The molecule has 0 bridgehead atoms. The Morgan fingerprint density at radius 2 is 2.20 bits per heavy atom. The molecule has 1 heterocycles. The van der Waals surface area contributed by atoms with Crippen LogP contribution in [-0.4, -0.2) is 44.3 Å². The van der Waals surface area contributed by atoms with Gasteiger partial charge in [0, 0.05) is 31.7 Å². The summed E-state index contributed by atoms with van der Waals surface area (Å²) in [5.74, 6) is 1.34. The minimum Gasteiger partial charge on any atom is -0.381 e. The van der Waals surface area contributed by atoms with Crippen LogP contribution in [0.4, 0.5) is 0 Å². The van der Waals surface area contributed by atoms with Crippen molar-refractivity contribution in [2.24, 2.45) is 17.6 Å². The van der Waals surface area contributed by atoms with Crippen LogP contribution in [-0.2, 0) is 4.74 Å². The van der Waals surface area contributed by atoms with Crippen LogP contribution in [0.5, 0.6) is 0 Å². The Hall–Kier alpha value is -0.120. The van der Waals surface area contributed by atoms with Crippen molar-refractivity contribution in [2.45, 2.75) is 32.7 Å². The Balaban J connectivity index is 2.20. The average Bonchev–Trinajstić information content (AvgIpc) is 2.70. The van der Waals surface area contributed by atoms with Crippen molar-refractivity contribution in [1.29, 1.82) is 0 Å². The highest BCUT2D eigenvalue weighted by Crippen LogP contribution is 2.16. The quantitative estimate of drug-likeness (QED) is 0.725. The van der Waals surface area contributed by atoms with Crippen LogP contribution in [0.25, 0.3) is 0 Å². The molecule has 3 heteroatoms. The van der Waals surface area contributed by atoms with Gasteiger partial charge in [-0.2, -0.15) is 0 Å². The normalized spacial score (nSPS) is 25.8. The van der Waals surface area contributed by atoms with Gasteiger partial charge in [-0.05, 0) is 19.4 Å². The van der Waals surface area contributed by atoms with Crippen molar-refractivity contribution in [3.05, 3.63) is 0 Å². The third-order valence-electron chi connectivity index (χ3n) is 3.41. The Kier molecular flexibility index (Phi) is 5.58. The summed E-state index contributed by atoms with van der Waals surface area (Å²) in [6.45, 7) is 8.44. The van der Waals surface area contributed by atoms with E-state index in [-0.39, 0.29) is 6.04 Å². The van der Waals surface area contributed by atoms with Crippen molar-refractivity contribution < 1.29 is 4.74 Å². The summed E-state index contributed by atoms with van der Waals surface area (Å²) in [6, 6.07) is 0.279. The van der Waals surface area contributed by atoms with Gasteiger partial charge in [-0.1, -0.05) is 20.3 Å². The summed E-state index contributed by atoms with van der Waals surface area (Å²) in [7, 11) is 2.17. The molecular formula is C12H26N2O. The second-order valence-corrected chi connectivity index (χ2v) is 5.02. The van der Waals surface area contributed by atoms with E-state index in [4.69, 9.17) is 10.5 Å². The van der Waals surface area contributed by atoms with Crippen molar-refractivity contribution in [1.82, 2.24) is 4.90 Å². The van der Waals surface area contributed by atoms with Gasteiger partial charge < -0.3 is 15.4 Å². The fourth-order valence-electron chi connectivity index (χ4n) is 2.14. The monoisotopic (exact) mass is 214 g/mol. The predicted octanol–water partition coefficient (Wildman–Crippen LogP) is 1.33. The van der Waals surface area contributed by atoms with Crippen LogP contribution in [0.3, 0.4) is 0 Å². The molecule has 3 nitrogen and oxygen atoms in total. The highest BCUT2D eigenvalue weighted by molar-refractivity contribution is 4.78. The molecule has 2 N–H and O–H groups in total. The summed E-state index contributed by atoms with van der Waals surface area (Å²) in [6.07, 6.45) is 2.38. The number of hydrogen-bond acceptors (Lipinski definition) is 3. The van der Waals surface area contributed by atoms with Crippen LogP contribution < -0.4 is 5.73 Å². The SMILES string of the molecule is CCC(C)CN(C)CC(N)C1CCOC1. The number of likely N-dealkylation sites (N-methyl/N-ethyl adjacent to an activating group) is 1. The van der Waals surface area contributed by atoms with Gasteiger partial charge >= 0.3 is 0 Å². The van der Waals surface area contributed by atoms with E-state index in [0.717, 1.165) is 38.6 Å². The zero-order chi connectivity index (χ0) is 11.3. The first-order chi connectivity index (χ1) is 7.13. The van der Waals surface area contributed by atoms with Gasteiger partial charge in [-0.25, -0.2) is 0 Å². The van der Waals surface area contributed by atoms with Gasteiger partial charge in [0.2, 0.25) is 0 Å². The third-order valence-corrected chi connectivity index (χ3v) is 3.41. The van der Waals surface area contributed by atoms with Crippen LogP contribution in [0.15, 0.2) is 0 Å². The average molecular weight is 214 g/mol. The Morgan fingerprint density at radius 1 is 1.47 bits per heavy atom. The van der Waals surface area contributed by atoms with E-state index in [0.29, 0.717) is 5.92 Å². The number of nitrogens with zero attached hydrogens (tertiary/aromatic N) is 1. The highest BCUT2D eigenvalue weighted by Gasteiger charge is 2.23. The second-order valence-electron chi connectivity index (χ2n) is 5.02. The maximum absolute atomic E-state index is 6.18. The summed E-state index contributed by atoms with van der Waals surface area (Å²) in [4.78, 5) is 2.36. The summed E-state index contributed by atoms with van der Waals surface area (Å²) in [5.41, 5.74) is 6.18. The number of ether oxygens (including phenoxy) is 1. The zero-order valence-corrected chi connectivity index (χ0v) is 10.4. The summed E-state index contributed by atoms with van der Waals surface area (Å²) < 4.78 is 5.36. The smallest absolute Gasteiger partial charge is 0.0510 e. The molecule has 1 saturated heterocycles. The topological polar surface area (TPSA) is 38.5 Å². The largest absolute Gasteiger partial charge is 0.381 e. The van der Waals surface area contributed by atoms with Crippen LogP contribution in [0, 0.1) is 11.8 Å². The molecule has 0 aliphatic carbocycles. The zero-order valence-electron chi connectivity index (χ0n) is 10.4. The molecule has 3 unspecified atom stereocenters. The second kappa shape index (κ2) is 6.46. The lowest BCUT2D eigenvalue weighted by molar-refractivity contribution is 0.172. The minimum atomic E-state index is 0.279. The van der Waals surface area contributed by atoms with Crippen LogP contribution in [0.2, 0.25) is 0 Å². The third kappa shape index (κ3) is 4.49. The van der Waals surface area contributed by atoms with E-state index in [9.17, 15) is 0 Å². The molecule has 1 aliphatic heterocycles. The van der Waals surface area contributed by atoms with Crippen molar-refractivity contribution >= 4 is 0 Å². The van der Waals surface area contributed by atoms with E-state index < -0.39 is 0 Å². The van der Waals surface area contributed by atoms with Gasteiger partial charge in [-0.3, -0.25) is 0 Å². The van der Waals surface area contributed by atoms with Crippen molar-refractivity contribution in [3.63, 3.8) is 0 Å². The number of nitrogens with two attached hydrogens (primary N) is 1. The molecule has 3 atom stereocenters. The van der Waals surface area contributed by atoms with E-state index in [2.05, 4.69) is 25.8 Å². The standard InChI is InChI=1S/C12H26N2O/c1-4-10(2)7-14(3)8-12(13)11-5-6-15-9-11/h10-12H,4-9,13H2,1-3H3. The van der Waals surface area contributed by atoms with Crippen molar-refractivity contribution in [2.75, 3.05) is 33.4 Å². The highest BCUT2D eigenvalue weighted by atomic mass is 16.5. The van der Waals surface area contributed by atoms with Gasteiger partial charge in [0.1, 0.15) is 0 Å². The molecule has 0 spiro atoms. The summed E-state index contributed by atoms with van der Waals surface area (Å²) >= 11 is 0. The Bertz CT molecular complexity index is 169. The fourth-order valence-corrected chi connectivity index (χ4v) is 2.14. The lowest BCUT2D eigenvalue weighted by Gasteiger charge is -2.26. The molecular weight excluding hydrogens is 188 g/mol. The van der Waals surface area contributed by atoms with Crippen LogP contribution >= 0.6 is 0 Å². The van der Waals surface area contributed by atoms with Gasteiger partial charge in [-0.15, -0.1) is 0 Å². The first-order valence-corrected chi connectivity index (χ1v) is 6.15. The molecule has 1 aliphatic rings. The minimum absolute atomic E-state index is 0.279. The van der Waals surface area contributed by atoms with E-state index in [1.165, 1.54) is 6.42 Å². The first kappa shape index (κ1) is 12.9. The maximum Gasteiger partial charge on any atom is 0.0510 e. The summed E-state index contributed by atoms with van der Waals surface area (Å²) in [5, 5.41) is 0. The number of rotatable bonds is 6. The predicted molar refractivity (Wildman–Crippen MR) is 63.9 cm³/mol. The van der Waals surface area contributed by atoms with Gasteiger partial charge in [0.05, 0.1) is 6.61 Å².